The third kappa shape index (κ3) is 4.25. The van der Waals surface area contributed by atoms with Crippen LogP contribution in [-0.4, -0.2) is 47.8 Å². The van der Waals surface area contributed by atoms with Crippen LogP contribution in [-0.2, 0) is 4.74 Å². The Balaban J connectivity index is 1.51. The average molecular weight is 384 g/mol. The first-order valence-corrected chi connectivity index (χ1v) is 9.45. The van der Waals surface area contributed by atoms with Crippen molar-refractivity contribution in [2.24, 2.45) is 5.73 Å². The van der Waals surface area contributed by atoms with Crippen molar-refractivity contribution in [2.45, 2.75) is 31.9 Å². The van der Waals surface area contributed by atoms with Crippen molar-refractivity contribution in [3.05, 3.63) is 30.0 Å². The van der Waals surface area contributed by atoms with E-state index in [1.54, 1.807) is 0 Å². The highest BCUT2D eigenvalue weighted by Gasteiger charge is 2.24. The van der Waals surface area contributed by atoms with Crippen LogP contribution in [0.5, 0.6) is 5.75 Å². The predicted molar refractivity (Wildman–Crippen MR) is 106 cm³/mol. The van der Waals surface area contributed by atoms with Gasteiger partial charge in [-0.1, -0.05) is 0 Å². The number of anilines is 4. The van der Waals surface area contributed by atoms with E-state index in [4.69, 9.17) is 15.2 Å². The number of rotatable bonds is 7. The van der Waals surface area contributed by atoms with E-state index in [9.17, 15) is 4.79 Å². The van der Waals surface area contributed by atoms with E-state index in [1.807, 2.05) is 25.1 Å². The number of amides is 1. The standard InChI is InChI=1S/C19H24N6O3/c1-2-27-13-8-21-15-7-12(5-6-16(15)28-10-13)24-19-22-9-14(17(20)26)18(25-19)23-11-3-4-11/h5-7,9,11,13,21H,2-4,8,10H2,1H3,(H2,20,26)(H2,22,23,24,25)/t13-/m0/s1. The molecular weight excluding hydrogens is 360 g/mol. The number of hydrogen-bond acceptors (Lipinski definition) is 8. The number of aromatic nitrogens is 2. The molecular formula is C19H24N6O3. The van der Waals surface area contributed by atoms with Crippen molar-refractivity contribution < 1.29 is 14.3 Å². The summed E-state index contributed by atoms with van der Waals surface area (Å²) >= 11 is 0. The largest absolute Gasteiger partial charge is 0.489 e. The summed E-state index contributed by atoms with van der Waals surface area (Å²) in [5.74, 6) is 1.07. The summed E-state index contributed by atoms with van der Waals surface area (Å²) in [4.78, 5) is 20.3. The van der Waals surface area contributed by atoms with Crippen molar-refractivity contribution in [3.8, 4) is 5.75 Å². The molecule has 1 amide bonds. The van der Waals surface area contributed by atoms with Gasteiger partial charge < -0.3 is 31.2 Å². The molecule has 1 aliphatic heterocycles. The van der Waals surface area contributed by atoms with Gasteiger partial charge in [0.25, 0.3) is 5.91 Å². The van der Waals surface area contributed by atoms with Gasteiger partial charge in [-0.05, 0) is 38.0 Å². The first kappa shape index (κ1) is 18.3. The second-order valence-corrected chi connectivity index (χ2v) is 6.84. The normalized spacial score (nSPS) is 18.2. The van der Waals surface area contributed by atoms with Gasteiger partial charge in [0.2, 0.25) is 5.95 Å². The molecule has 2 aliphatic rings. The Bertz CT molecular complexity index is 871. The van der Waals surface area contributed by atoms with Crippen LogP contribution in [0.1, 0.15) is 30.1 Å². The third-order valence-corrected chi connectivity index (χ3v) is 4.56. The number of nitrogens with two attached hydrogens (primary N) is 1. The average Bonchev–Trinajstić information content (AvgIpc) is 3.50. The first-order valence-electron chi connectivity index (χ1n) is 9.45. The zero-order chi connectivity index (χ0) is 19.5. The van der Waals surface area contributed by atoms with Crippen molar-refractivity contribution >= 4 is 29.0 Å². The van der Waals surface area contributed by atoms with Gasteiger partial charge in [-0.15, -0.1) is 0 Å². The Hall–Kier alpha value is -3.07. The zero-order valence-electron chi connectivity index (χ0n) is 15.7. The molecule has 2 heterocycles. The van der Waals surface area contributed by atoms with Crippen molar-refractivity contribution in [1.29, 1.82) is 0 Å². The van der Waals surface area contributed by atoms with Gasteiger partial charge in [-0.3, -0.25) is 4.79 Å². The zero-order valence-corrected chi connectivity index (χ0v) is 15.7. The Morgan fingerprint density at radius 2 is 2.29 bits per heavy atom. The lowest BCUT2D eigenvalue weighted by Gasteiger charge is -2.13. The topological polar surface area (TPSA) is 123 Å². The van der Waals surface area contributed by atoms with Crippen LogP contribution in [0.4, 0.5) is 23.1 Å². The van der Waals surface area contributed by atoms with Gasteiger partial charge in [-0.25, -0.2) is 4.98 Å². The highest BCUT2D eigenvalue weighted by molar-refractivity contribution is 5.97. The Labute approximate surface area is 163 Å². The number of primary amides is 1. The van der Waals surface area contributed by atoms with Gasteiger partial charge in [0.15, 0.2) is 0 Å². The molecule has 148 valence electrons. The molecule has 1 atom stereocenters. The molecule has 1 saturated carbocycles. The minimum absolute atomic E-state index is 0.00884. The van der Waals surface area contributed by atoms with E-state index in [-0.39, 0.29) is 11.7 Å². The van der Waals surface area contributed by atoms with Crippen molar-refractivity contribution in [3.63, 3.8) is 0 Å². The van der Waals surface area contributed by atoms with Crippen LogP contribution in [0.2, 0.25) is 0 Å². The van der Waals surface area contributed by atoms with Gasteiger partial charge in [-0.2, -0.15) is 4.98 Å². The van der Waals surface area contributed by atoms with E-state index in [2.05, 4.69) is 25.9 Å². The third-order valence-electron chi connectivity index (χ3n) is 4.56. The van der Waals surface area contributed by atoms with Crippen molar-refractivity contribution in [1.82, 2.24) is 9.97 Å². The molecule has 0 unspecified atom stereocenters. The van der Waals surface area contributed by atoms with Crippen LogP contribution >= 0.6 is 0 Å². The predicted octanol–water partition coefficient (Wildman–Crippen LogP) is 2.10. The Kier molecular flexibility index (Phi) is 5.16. The number of ether oxygens (including phenoxy) is 2. The van der Waals surface area contributed by atoms with Crippen LogP contribution < -0.4 is 26.4 Å². The molecule has 28 heavy (non-hydrogen) atoms. The lowest BCUT2D eigenvalue weighted by molar-refractivity contribution is 0.0393. The minimum atomic E-state index is -0.551. The molecule has 0 radical (unpaired) electrons. The molecule has 9 nitrogen and oxygen atoms in total. The fourth-order valence-corrected chi connectivity index (χ4v) is 2.96. The number of fused-ring (bicyclic) bond motifs is 1. The van der Waals surface area contributed by atoms with E-state index in [0.717, 1.165) is 30.0 Å². The molecule has 2 aromatic rings. The lowest BCUT2D eigenvalue weighted by atomic mass is 10.2. The molecule has 4 rings (SSSR count). The highest BCUT2D eigenvalue weighted by Crippen LogP contribution is 2.31. The van der Waals surface area contributed by atoms with E-state index < -0.39 is 5.91 Å². The quantitative estimate of drug-likeness (QED) is 0.572. The summed E-state index contributed by atoms with van der Waals surface area (Å²) < 4.78 is 11.5. The number of carbonyl (C=O) groups excluding carboxylic acids is 1. The van der Waals surface area contributed by atoms with E-state index >= 15 is 0 Å². The number of hydrogen-bond donors (Lipinski definition) is 4. The summed E-state index contributed by atoms with van der Waals surface area (Å²) in [5, 5.41) is 9.75. The second-order valence-electron chi connectivity index (χ2n) is 6.84. The number of nitrogens with zero attached hydrogens (tertiary/aromatic N) is 2. The second kappa shape index (κ2) is 7.89. The monoisotopic (exact) mass is 384 g/mol. The van der Waals surface area contributed by atoms with E-state index in [0.29, 0.717) is 37.6 Å². The smallest absolute Gasteiger partial charge is 0.254 e. The van der Waals surface area contributed by atoms with Gasteiger partial charge >= 0.3 is 0 Å². The van der Waals surface area contributed by atoms with Crippen LogP contribution in [0.15, 0.2) is 24.4 Å². The van der Waals surface area contributed by atoms with Crippen LogP contribution in [0, 0.1) is 0 Å². The first-order chi connectivity index (χ1) is 13.6. The summed E-state index contributed by atoms with van der Waals surface area (Å²) in [6, 6.07) is 6.05. The summed E-state index contributed by atoms with van der Waals surface area (Å²) in [7, 11) is 0. The van der Waals surface area contributed by atoms with Gasteiger partial charge in [0.05, 0.1) is 11.3 Å². The molecule has 0 saturated heterocycles. The summed E-state index contributed by atoms with van der Waals surface area (Å²) in [6.45, 7) is 3.79. The SMILES string of the molecule is CCO[C@H]1CNc2cc(Nc3ncc(C(N)=O)c(NC4CC4)n3)ccc2OC1. The van der Waals surface area contributed by atoms with E-state index in [1.165, 1.54) is 6.20 Å². The molecule has 1 aromatic heterocycles. The maximum atomic E-state index is 11.6. The molecule has 1 aliphatic carbocycles. The molecule has 0 bridgehead atoms. The number of carbonyl (C=O) groups is 1. The molecule has 1 fully saturated rings. The minimum Gasteiger partial charge on any atom is -0.489 e. The highest BCUT2D eigenvalue weighted by atomic mass is 16.5. The molecule has 5 N–H and O–H groups in total. The number of benzene rings is 1. The maximum absolute atomic E-state index is 11.6. The van der Waals surface area contributed by atoms with Gasteiger partial charge in [0, 0.05) is 31.1 Å². The van der Waals surface area contributed by atoms with Gasteiger partial charge in [0.1, 0.15) is 24.3 Å². The maximum Gasteiger partial charge on any atom is 0.254 e. The fraction of sp³-hybridized carbons (Fsp3) is 0.421. The van der Waals surface area contributed by atoms with Crippen LogP contribution in [0.25, 0.3) is 0 Å². The number of nitrogens with one attached hydrogen (secondary N) is 3. The van der Waals surface area contributed by atoms with Crippen LogP contribution in [0.3, 0.4) is 0 Å². The summed E-state index contributed by atoms with van der Waals surface area (Å²) in [5.41, 5.74) is 7.39. The van der Waals surface area contributed by atoms with Crippen molar-refractivity contribution in [2.75, 3.05) is 35.7 Å². The molecule has 9 heteroatoms. The molecule has 0 spiro atoms. The Morgan fingerprint density at radius 1 is 1.43 bits per heavy atom. The fourth-order valence-electron chi connectivity index (χ4n) is 2.96. The Morgan fingerprint density at radius 3 is 3.04 bits per heavy atom. The summed E-state index contributed by atoms with van der Waals surface area (Å²) in [6.07, 6.45) is 3.57. The molecule has 1 aromatic carbocycles. The lowest BCUT2D eigenvalue weighted by Crippen LogP contribution is -2.27.